The maximum absolute atomic E-state index is 9.20. The second-order valence-electron chi connectivity index (χ2n) is 5.76. The minimum atomic E-state index is -0.00190. The minimum absolute atomic E-state index is 0.00190. The van der Waals surface area contributed by atoms with Crippen LogP contribution in [0.2, 0.25) is 0 Å². The number of hydrogen-bond donors (Lipinski definition) is 1. The average Bonchev–Trinajstić information content (AvgIpc) is 2.63. The van der Waals surface area contributed by atoms with Gasteiger partial charge in [0.05, 0.1) is 12.3 Å². The monoisotopic (exact) mass is 309 g/mol. The van der Waals surface area contributed by atoms with E-state index in [9.17, 15) is 5.11 Å². The number of piperazine rings is 1. The third kappa shape index (κ3) is 4.41. The van der Waals surface area contributed by atoms with E-state index >= 15 is 0 Å². The summed E-state index contributed by atoms with van der Waals surface area (Å²) in [6.45, 7) is 5.10. The Morgan fingerprint density at radius 1 is 1.04 bits per heavy atom. The molecule has 0 atom stereocenters. The molecule has 0 spiro atoms. The van der Waals surface area contributed by atoms with Crippen molar-refractivity contribution < 1.29 is 5.11 Å². The largest absolute Gasteiger partial charge is 0.390 e. The van der Waals surface area contributed by atoms with Crippen molar-refractivity contribution in [3.05, 3.63) is 66.0 Å². The van der Waals surface area contributed by atoms with E-state index in [1.165, 1.54) is 5.56 Å². The van der Waals surface area contributed by atoms with Crippen LogP contribution < -0.4 is 4.90 Å². The van der Waals surface area contributed by atoms with Gasteiger partial charge >= 0.3 is 0 Å². The van der Waals surface area contributed by atoms with E-state index < -0.39 is 0 Å². The van der Waals surface area contributed by atoms with E-state index in [1.54, 1.807) is 6.20 Å². The maximum atomic E-state index is 9.20. The number of hydrogen-bond acceptors (Lipinski definition) is 4. The van der Waals surface area contributed by atoms with Gasteiger partial charge in [-0.2, -0.15) is 0 Å². The van der Waals surface area contributed by atoms with Gasteiger partial charge in [-0.3, -0.25) is 9.88 Å². The van der Waals surface area contributed by atoms with E-state index in [4.69, 9.17) is 0 Å². The van der Waals surface area contributed by atoms with Gasteiger partial charge in [0.15, 0.2) is 0 Å². The van der Waals surface area contributed by atoms with Crippen molar-refractivity contribution in [3.63, 3.8) is 0 Å². The molecular weight excluding hydrogens is 286 g/mol. The first-order chi connectivity index (χ1) is 11.3. The van der Waals surface area contributed by atoms with E-state index in [2.05, 4.69) is 51.2 Å². The van der Waals surface area contributed by atoms with Gasteiger partial charge in [-0.15, -0.1) is 0 Å². The van der Waals surface area contributed by atoms with Crippen LogP contribution in [-0.2, 0) is 6.61 Å². The molecule has 4 heteroatoms. The Balaban J connectivity index is 1.49. The molecule has 0 radical (unpaired) electrons. The molecule has 1 fully saturated rings. The Morgan fingerprint density at radius 3 is 2.57 bits per heavy atom. The lowest BCUT2D eigenvalue weighted by Gasteiger charge is -2.35. The van der Waals surface area contributed by atoms with Crippen LogP contribution >= 0.6 is 0 Å². The molecule has 0 aliphatic carbocycles. The first-order valence-corrected chi connectivity index (χ1v) is 8.10. The number of rotatable bonds is 5. The average molecular weight is 309 g/mol. The van der Waals surface area contributed by atoms with Crippen molar-refractivity contribution >= 4 is 11.8 Å². The fraction of sp³-hybridized carbons (Fsp3) is 0.316. The quantitative estimate of drug-likeness (QED) is 0.921. The summed E-state index contributed by atoms with van der Waals surface area (Å²) in [6.07, 6.45) is 6.19. The first-order valence-electron chi connectivity index (χ1n) is 8.10. The fourth-order valence-corrected chi connectivity index (χ4v) is 2.84. The third-order valence-electron chi connectivity index (χ3n) is 4.17. The Kier molecular flexibility index (Phi) is 5.40. The number of anilines is 1. The number of benzene rings is 1. The van der Waals surface area contributed by atoms with Crippen LogP contribution in [0.25, 0.3) is 6.08 Å². The number of pyridine rings is 1. The summed E-state index contributed by atoms with van der Waals surface area (Å²) in [4.78, 5) is 8.96. The molecule has 4 nitrogen and oxygen atoms in total. The third-order valence-corrected chi connectivity index (χ3v) is 4.17. The molecule has 2 heterocycles. The highest BCUT2D eigenvalue weighted by Gasteiger charge is 2.16. The zero-order valence-electron chi connectivity index (χ0n) is 13.3. The van der Waals surface area contributed by atoms with Gasteiger partial charge in [0, 0.05) is 44.6 Å². The zero-order valence-corrected chi connectivity index (χ0v) is 13.3. The van der Waals surface area contributed by atoms with Crippen LogP contribution in [0.5, 0.6) is 0 Å². The molecule has 1 N–H and O–H groups in total. The molecule has 0 bridgehead atoms. The molecule has 1 aliphatic heterocycles. The summed E-state index contributed by atoms with van der Waals surface area (Å²) >= 11 is 0. The van der Waals surface area contributed by atoms with Gasteiger partial charge in [0.2, 0.25) is 0 Å². The molecule has 0 unspecified atom stereocenters. The number of nitrogens with zero attached hydrogens (tertiary/aromatic N) is 3. The summed E-state index contributed by atoms with van der Waals surface area (Å²) in [6, 6.07) is 14.4. The summed E-state index contributed by atoms with van der Waals surface area (Å²) in [5.41, 5.74) is 3.14. The highest BCUT2D eigenvalue weighted by atomic mass is 16.3. The number of aliphatic hydroxyl groups is 1. The Labute approximate surface area is 137 Å². The predicted molar refractivity (Wildman–Crippen MR) is 94.3 cm³/mol. The van der Waals surface area contributed by atoms with E-state index in [0.29, 0.717) is 0 Å². The van der Waals surface area contributed by atoms with Gasteiger partial charge in [0.1, 0.15) is 0 Å². The van der Waals surface area contributed by atoms with Gasteiger partial charge in [-0.25, -0.2) is 0 Å². The summed E-state index contributed by atoms with van der Waals surface area (Å²) in [5.74, 6) is 0. The lowest BCUT2D eigenvalue weighted by Crippen LogP contribution is -2.46. The van der Waals surface area contributed by atoms with Gasteiger partial charge in [0.25, 0.3) is 0 Å². The van der Waals surface area contributed by atoms with Crippen molar-refractivity contribution in [2.24, 2.45) is 0 Å². The maximum Gasteiger partial charge on any atom is 0.0853 e. The van der Waals surface area contributed by atoms with Crippen molar-refractivity contribution in [3.8, 4) is 0 Å². The molecule has 1 aromatic carbocycles. The fourth-order valence-electron chi connectivity index (χ4n) is 2.84. The van der Waals surface area contributed by atoms with E-state index in [1.807, 2.05) is 18.2 Å². The van der Waals surface area contributed by atoms with Crippen LogP contribution in [-0.4, -0.2) is 47.7 Å². The summed E-state index contributed by atoms with van der Waals surface area (Å²) in [5, 5.41) is 9.20. The Hall–Kier alpha value is -2.17. The van der Waals surface area contributed by atoms with Crippen molar-refractivity contribution in [2.45, 2.75) is 6.61 Å². The van der Waals surface area contributed by atoms with Gasteiger partial charge < -0.3 is 10.0 Å². The smallest absolute Gasteiger partial charge is 0.0853 e. The van der Waals surface area contributed by atoms with Crippen molar-refractivity contribution in [1.82, 2.24) is 9.88 Å². The number of aliphatic hydroxyl groups excluding tert-OH is 1. The first kappa shape index (κ1) is 15.7. The standard InChI is InChI=1S/C19H23N3O/c23-16-18-15-19(8-9-20-18)22-13-11-21(12-14-22)10-4-7-17-5-2-1-3-6-17/h1-9,15,23H,10-14,16H2. The van der Waals surface area contributed by atoms with Crippen LogP contribution in [0.15, 0.2) is 54.7 Å². The molecule has 3 rings (SSSR count). The number of aromatic nitrogens is 1. The SMILES string of the molecule is OCc1cc(N2CCN(CC=Cc3ccccc3)CC2)ccn1. The van der Waals surface area contributed by atoms with Gasteiger partial charge in [-0.1, -0.05) is 42.5 Å². The molecule has 1 aromatic heterocycles. The topological polar surface area (TPSA) is 39.6 Å². The minimum Gasteiger partial charge on any atom is -0.390 e. The highest BCUT2D eigenvalue weighted by Crippen LogP contribution is 2.17. The van der Waals surface area contributed by atoms with Crippen molar-refractivity contribution in [1.29, 1.82) is 0 Å². The summed E-state index contributed by atoms with van der Waals surface area (Å²) < 4.78 is 0. The van der Waals surface area contributed by atoms with Crippen LogP contribution in [0, 0.1) is 0 Å². The molecule has 23 heavy (non-hydrogen) atoms. The zero-order chi connectivity index (χ0) is 15.9. The second-order valence-corrected chi connectivity index (χ2v) is 5.76. The molecule has 0 saturated carbocycles. The second kappa shape index (κ2) is 7.90. The Morgan fingerprint density at radius 2 is 1.83 bits per heavy atom. The van der Waals surface area contributed by atoms with E-state index in [0.717, 1.165) is 44.1 Å². The highest BCUT2D eigenvalue weighted by molar-refractivity contribution is 5.49. The lowest BCUT2D eigenvalue weighted by atomic mass is 10.2. The van der Waals surface area contributed by atoms with Gasteiger partial charge in [-0.05, 0) is 17.7 Å². The van der Waals surface area contributed by atoms with Crippen LogP contribution in [0.4, 0.5) is 5.69 Å². The van der Waals surface area contributed by atoms with Crippen molar-refractivity contribution in [2.75, 3.05) is 37.6 Å². The predicted octanol–water partition coefficient (Wildman–Crippen LogP) is 2.41. The Bertz CT molecular complexity index is 634. The molecule has 2 aromatic rings. The van der Waals surface area contributed by atoms with Crippen LogP contribution in [0.3, 0.4) is 0 Å². The molecular formula is C19H23N3O. The van der Waals surface area contributed by atoms with Crippen LogP contribution in [0.1, 0.15) is 11.3 Å². The molecule has 120 valence electrons. The van der Waals surface area contributed by atoms with E-state index in [-0.39, 0.29) is 6.61 Å². The molecule has 0 amide bonds. The summed E-state index contributed by atoms with van der Waals surface area (Å²) in [7, 11) is 0. The molecule has 1 saturated heterocycles. The molecule has 1 aliphatic rings. The normalized spacial score (nSPS) is 16.1. The lowest BCUT2D eigenvalue weighted by molar-refractivity contribution is 0.276.